The van der Waals surface area contributed by atoms with E-state index < -0.39 is 0 Å². The number of aromatic nitrogens is 3. The second kappa shape index (κ2) is 4.99. The average molecular weight is 272 g/mol. The molecule has 0 aliphatic rings. The van der Waals surface area contributed by atoms with Gasteiger partial charge in [-0.1, -0.05) is 41.6 Å². The van der Waals surface area contributed by atoms with E-state index >= 15 is 0 Å². The largest absolute Gasteiger partial charge is 0.244 e. The summed E-state index contributed by atoms with van der Waals surface area (Å²) in [5.41, 5.74) is 1.15. The van der Waals surface area contributed by atoms with Crippen LogP contribution in [0.2, 0.25) is 10.4 Å². The van der Waals surface area contributed by atoms with Crippen LogP contribution < -0.4 is 0 Å². The van der Waals surface area contributed by atoms with Crippen molar-refractivity contribution in [2.24, 2.45) is 0 Å². The first-order valence-corrected chi connectivity index (χ1v) is 6.03. The van der Waals surface area contributed by atoms with Crippen molar-refractivity contribution in [2.75, 3.05) is 0 Å². The van der Waals surface area contributed by atoms with E-state index in [1.165, 1.54) is 11.8 Å². The van der Waals surface area contributed by atoms with Crippen molar-refractivity contribution in [2.45, 2.75) is 16.8 Å². The van der Waals surface area contributed by atoms with E-state index in [0.29, 0.717) is 5.03 Å². The normalized spacial score (nSPS) is 10.4. The van der Waals surface area contributed by atoms with Gasteiger partial charge in [0.15, 0.2) is 10.2 Å². The molecule has 6 heteroatoms. The van der Waals surface area contributed by atoms with Crippen molar-refractivity contribution >= 4 is 35.0 Å². The van der Waals surface area contributed by atoms with Gasteiger partial charge in [-0.05, 0) is 30.2 Å². The van der Waals surface area contributed by atoms with Gasteiger partial charge in [-0.2, -0.15) is 0 Å². The van der Waals surface area contributed by atoms with E-state index in [0.717, 1.165) is 10.5 Å². The molecule has 0 spiro atoms. The molecule has 0 atom stereocenters. The number of halogens is 2. The minimum atomic E-state index is 0.0548. The Morgan fingerprint density at radius 2 is 1.88 bits per heavy atom. The SMILES string of the molecule is Cc1ccccc1Sc1nnc(Cl)nc1Cl. The summed E-state index contributed by atoms with van der Waals surface area (Å²) >= 11 is 12.9. The van der Waals surface area contributed by atoms with E-state index in [-0.39, 0.29) is 10.4 Å². The van der Waals surface area contributed by atoms with Crippen LogP contribution in [0.25, 0.3) is 0 Å². The van der Waals surface area contributed by atoms with Gasteiger partial charge in [0, 0.05) is 4.90 Å². The lowest BCUT2D eigenvalue weighted by atomic mass is 10.2. The Bertz CT molecular complexity index is 519. The lowest BCUT2D eigenvalue weighted by Gasteiger charge is -2.04. The maximum Gasteiger partial charge on any atom is 0.244 e. The quantitative estimate of drug-likeness (QED) is 0.836. The van der Waals surface area contributed by atoms with E-state index in [9.17, 15) is 0 Å². The maximum absolute atomic E-state index is 5.91. The standard InChI is InChI=1S/C10H7Cl2N3S/c1-6-4-2-3-5-7(6)16-9-8(11)13-10(12)15-14-9/h2-5H,1H3. The predicted molar refractivity (Wildman–Crippen MR) is 65.1 cm³/mol. The van der Waals surface area contributed by atoms with Gasteiger partial charge in [0.1, 0.15) is 0 Å². The molecule has 0 amide bonds. The summed E-state index contributed by atoms with van der Waals surface area (Å²) < 4.78 is 0. The van der Waals surface area contributed by atoms with Crippen molar-refractivity contribution in [3.8, 4) is 0 Å². The molecule has 1 aromatic carbocycles. The molecule has 3 nitrogen and oxygen atoms in total. The Labute approximate surface area is 107 Å². The summed E-state index contributed by atoms with van der Waals surface area (Å²) in [7, 11) is 0. The molecule has 2 aromatic rings. The van der Waals surface area contributed by atoms with Crippen LogP contribution in [0.3, 0.4) is 0 Å². The molecule has 1 heterocycles. The highest BCUT2D eigenvalue weighted by Crippen LogP contribution is 2.32. The van der Waals surface area contributed by atoms with Crippen LogP contribution in [-0.2, 0) is 0 Å². The van der Waals surface area contributed by atoms with Crippen LogP contribution in [0.1, 0.15) is 5.56 Å². The zero-order valence-electron chi connectivity index (χ0n) is 8.32. The number of aryl methyl sites for hydroxylation is 1. The number of hydrogen-bond acceptors (Lipinski definition) is 4. The van der Waals surface area contributed by atoms with Crippen LogP contribution in [0, 0.1) is 6.92 Å². The Morgan fingerprint density at radius 1 is 1.12 bits per heavy atom. The predicted octanol–water partition coefficient (Wildman–Crippen LogP) is 3.64. The lowest BCUT2D eigenvalue weighted by molar-refractivity contribution is 0.878. The van der Waals surface area contributed by atoms with Gasteiger partial charge in [0.05, 0.1) is 0 Å². The fourth-order valence-electron chi connectivity index (χ4n) is 1.12. The molecule has 2 rings (SSSR count). The topological polar surface area (TPSA) is 38.7 Å². The number of nitrogens with zero attached hydrogens (tertiary/aromatic N) is 3. The highest BCUT2D eigenvalue weighted by atomic mass is 35.5. The van der Waals surface area contributed by atoms with Gasteiger partial charge < -0.3 is 0 Å². The summed E-state index contributed by atoms with van der Waals surface area (Å²) in [6.07, 6.45) is 0. The van der Waals surface area contributed by atoms with Crippen LogP contribution in [0.5, 0.6) is 0 Å². The summed E-state index contributed by atoms with van der Waals surface area (Å²) in [5, 5.41) is 8.45. The number of rotatable bonds is 2. The monoisotopic (exact) mass is 271 g/mol. The Kier molecular flexibility index (Phi) is 3.63. The van der Waals surface area contributed by atoms with Gasteiger partial charge in [-0.25, -0.2) is 4.98 Å². The molecule has 0 saturated carbocycles. The van der Waals surface area contributed by atoms with Gasteiger partial charge >= 0.3 is 0 Å². The van der Waals surface area contributed by atoms with Crippen LogP contribution in [0.4, 0.5) is 0 Å². The number of benzene rings is 1. The van der Waals surface area contributed by atoms with Gasteiger partial charge in [0.2, 0.25) is 5.28 Å². The Hall–Kier alpha value is -0.840. The molecule has 0 aliphatic carbocycles. The van der Waals surface area contributed by atoms with Crippen LogP contribution in [0.15, 0.2) is 34.2 Å². The fourth-order valence-corrected chi connectivity index (χ4v) is 2.31. The van der Waals surface area contributed by atoms with E-state index in [2.05, 4.69) is 15.2 Å². The zero-order chi connectivity index (χ0) is 11.5. The molecule has 1 aromatic heterocycles. The van der Waals surface area contributed by atoms with Crippen molar-refractivity contribution in [1.82, 2.24) is 15.2 Å². The first-order valence-electron chi connectivity index (χ1n) is 4.46. The minimum Gasteiger partial charge on any atom is -0.202 e. The molecule has 0 radical (unpaired) electrons. The third-order valence-electron chi connectivity index (χ3n) is 1.89. The highest BCUT2D eigenvalue weighted by molar-refractivity contribution is 7.99. The Morgan fingerprint density at radius 3 is 2.56 bits per heavy atom. The van der Waals surface area contributed by atoms with E-state index in [1.54, 1.807) is 0 Å². The van der Waals surface area contributed by atoms with Gasteiger partial charge in [-0.15, -0.1) is 10.2 Å². The summed E-state index contributed by atoms with van der Waals surface area (Å²) in [4.78, 5) is 4.91. The van der Waals surface area contributed by atoms with E-state index in [4.69, 9.17) is 23.2 Å². The minimum absolute atomic E-state index is 0.0548. The highest BCUT2D eigenvalue weighted by Gasteiger charge is 2.09. The fraction of sp³-hybridized carbons (Fsp3) is 0.100. The van der Waals surface area contributed by atoms with Gasteiger partial charge in [0.25, 0.3) is 0 Å². The van der Waals surface area contributed by atoms with E-state index in [1.807, 2.05) is 31.2 Å². The van der Waals surface area contributed by atoms with Crippen LogP contribution in [-0.4, -0.2) is 15.2 Å². The summed E-state index contributed by atoms with van der Waals surface area (Å²) in [5.74, 6) is 0. The van der Waals surface area contributed by atoms with Crippen molar-refractivity contribution in [3.63, 3.8) is 0 Å². The zero-order valence-corrected chi connectivity index (χ0v) is 10.6. The Balaban J connectivity index is 2.31. The van der Waals surface area contributed by atoms with Crippen molar-refractivity contribution in [3.05, 3.63) is 40.3 Å². The molecule has 16 heavy (non-hydrogen) atoms. The summed E-state index contributed by atoms with van der Waals surface area (Å²) in [6.45, 7) is 2.02. The molecule has 82 valence electrons. The first-order chi connectivity index (χ1) is 7.66. The third-order valence-corrected chi connectivity index (χ3v) is 3.57. The molecule has 0 N–H and O–H groups in total. The summed E-state index contributed by atoms with van der Waals surface area (Å²) in [6, 6.07) is 7.95. The average Bonchev–Trinajstić information content (AvgIpc) is 2.25. The first kappa shape index (κ1) is 11.6. The molecule has 0 fully saturated rings. The lowest BCUT2D eigenvalue weighted by Crippen LogP contribution is -1.92. The second-order valence-electron chi connectivity index (χ2n) is 3.04. The molecule has 0 unspecified atom stereocenters. The molecule has 0 aliphatic heterocycles. The molecular weight excluding hydrogens is 265 g/mol. The smallest absolute Gasteiger partial charge is 0.202 e. The third kappa shape index (κ3) is 2.64. The van der Waals surface area contributed by atoms with Crippen molar-refractivity contribution < 1.29 is 0 Å². The second-order valence-corrected chi connectivity index (χ2v) is 4.77. The number of hydrogen-bond donors (Lipinski definition) is 0. The maximum atomic E-state index is 5.91. The molecule has 0 saturated heterocycles. The van der Waals surface area contributed by atoms with Crippen LogP contribution >= 0.6 is 35.0 Å². The van der Waals surface area contributed by atoms with Gasteiger partial charge in [-0.3, -0.25) is 0 Å². The molecular formula is C10H7Cl2N3S. The molecule has 0 bridgehead atoms. The van der Waals surface area contributed by atoms with Crippen molar-refractivity contribution in [1.29, 1.82) is 0 Å².